The number of benzene rings is 2. The van der Waals surface area contributed by atoms with Crippen LogP contribution in [0.25, 0.3) is 0 Å². The van der Waals surface area contributed by atoms with E-state index in [1.165, 1.54) is 19.1 Å². The molecule has 0 aromatic heterocycles. The van der Waals surface area contributed by atoms with Crippen molar-refractivity contribution < 1.29 is 35.5 Å². The first kappa shape index (κ1) is 27.0. The highest BCUT2D eigenvalue weighted by Gasteiger charge is 2.40. The summed E-state index contributed by atoms with van der Waals surface area (Å²) in [6.45, 7) is 4.70. The molecule has 0 saturated carbocycles. The minimum absolute atomic E-state index is 0.0563. The molecule has 1 heterocycles. The van der Waals surface area contributed by atoms with E-state index in [0.29, 0.717) is 12.1 Å². The lowest BCUT2D eigenvalue weighted by molar-refractivity contribution is -0.143. The molecule has 1 aliphatic rings. The van der Waals surface area contributed by atoms with Crippen molar-refractivity contribution in [1.29, 1.82) is 0 Å². The van der Waals surface area contributed by atoms with Crippen molar-refractivity contribution in [2.75, 3.05) is 13.1 Å². The van der Waals surface area contributed by atoms with Gasteiger partial charge >= 0.3 is 12.4 Å². The van der Waals surface area contributed by atoms with Gasteiger partial charge in [0.05, 0.1) is 17.2 Å². The molecule has 2 aromatic carbocycles. The Morgan fingerprint density at radius 3 is 1.94 bits per heavy atom. The van der Waals surface area contributed by atoms with E-state index in [-0.39, 0.29) is 24.0 Å². The Labute approximate surface area is 199 Å². The van der Waals surface area contributed by atoms with E-state index in [2.05, 4.69) is 10.6 Å². The van der Waals surface area contributed by atoms with Crippen LogP contribution >= 0.6 is 0 Å². The highest BCUT2D eigenvalue weighted by molar-refractivity contribution is 5.78. The van der Waals surface area contributed by atoms with Crippen LogP contribution in [-0.2, 0) is 22.6 Å². The second-order valence-corrected chi connectivity index (χ2v) is 9.25. The van der Waals surface area contributed by atoms with Gasteiger partial charge in [0, 0.05) is 11.8 Å². The first-order valence-corrected chi connectivity index (χ1v) is 11.3. The summed E-state index contributed by atoms with van der Waals surface area (Å²) < 4.78 is 92.8. The maximum atomic E-state index is 13.5. The Morgan fingerprint density at radius 1 is 0.943 bits per heavy atom. The lowest BCUT2D eigenvalue weighted by Crippen LogP contribution is -2.43. The summed E-state index contributed by atoms with van der Waals surface area (Å²) in [5, 5.41) is 5.81. The number of carbonyl (C=O) groups is 1. The molecule has 0 bridgehead atoms. The molecule has 0 radical (unpaired) electrons. The molecule has 192 valence electrons. The summed E-state index contributed by atoms with van der Waals surface area (Å²) in [4.78, 5) is 13.0. The molecule has 2 aromatic rings. The van der Waals surface area contributed by atoms with Crippen LogP contribution in [0.2, 0.25) is 0 Å². The zero-order valence-corrected chi connectivity index (χ0v) is 19.3. The maximum Gasteiger partial charge on any atom is 0.416 e. The summed E-state index contributed by atoms with van der Waals surface area (Å²) in [6.07, 6.45) is -8.48. The van der Waals surface area contributed by atoms with E-state index in [0.717, 1.165) is 31.5 Å². The van der Waals surface area contributed by atoms with E-state index in [9.17, 15) is 35.5 Å². The number of amides is 1. The van der Waals surface area contributed by atoms with E-state index in [4.69, 9.17) is 0 Å². The van der Waals surface area contributed by atoms with Gasteiger partial charge in [-0.1, -0.05) is 19.1 Å². The van der Waals surface area contributed by atoms with Crippen LogP contribution in [0.15, 0.2) is 42.5 Å². The van der Waals surface area contributed by atoms with Crippen LogP contribution in [0.5, 0.6) is 0 Å². The first-order chi connectivity index (χ1) is 16.2. The number of nitrogens with one attached hydrogen (secondary N) is 2. The van der Waals surface area contributed by atoms with E-state index in [1.807, 2.05) is 6.92 Å². The Hall–Kier alpha value is -2.62. The van der Waals surface area contributed by atoms with Crippen LogP contribution in [0.3, 0.4) is 0 Å². The minimum Gasteiger partial charge on any atom is -0.350 e. The molecular weight excluding hydrogens is 477 g/mol. The van der Waals surface area contributed by atoms with Crippen LogP contribution in [0, 0.1) is 11.7 Å². The van der Waals surface area contributed by atoms with E-state index < -0.39 is 46.7 Å². The molecule has 1 fully saturated rings. The highest BCUT2D eigenvalue weighted by Crippen LogP contribution is 2.41. The molecule has 35 heavy (non-hydrogen) atoms. The van der Waals surface area contributed by atoms with Crippen molar-refractivity contribution in [3.63, 3.8) is 0 Å². The van der Waals surface area contributed by atoms with Crippen LogP contribution < -0.4 is 10.6 Å². The predicted octanol–water partition coefficient (Wildman–Crippen LogP) is 6.39. The molecule has 1 saturated heterocycles. The Morgan fingerprint density at radius 2 is 1.46 bits per heavy atom. The SMILES string of the molecule is CC(NC(=O)CC(C)(c1ccc(F)cc1)C1CCNCC1)c1cc(C(F)(F)F)cc(C(F)(F)F)c1. The number of piperidine rings is 1. The van der Waals surface area contributed by atoms with Gasteiger partial charge in [-0.05, 0) is 80.2 Å². The fourth-order valence-corrected chi connectivity index (χ4v) is 4.71. The summed E-state index contributed by atoms with van der Waals surface area (Å²) in [5.41, 5.74) is -3.13. The number of carbonyl (C=O) groups excluding carboxylic acids is 1. The molecule has 2 unspecified atom stereocenters. The predicted molar refractivity (Wildman–Crippen MR) is 117 cm³/mol. The Balaban J connectivity index is 1.86. The monoisotopic (exact) mass is 504 g/mol. The smallest absolute Gasteiger partial charge is 0.350 e. The molecule has 0 spiro atoms. The van der Waals surface area contributed by atoms with Gasteiger partial charge in [-0.25, -0.2) is 4.39 Å². The Kier molecular flexibility index (Phi) is 7.83. The summed E-state index contributed by atoms with van der Waals surface area (Å²) in [6, 6.07) is 6.01. The molecular formula is C25H27F7N2O. The summed E-state index contributed by atoms with van der Waals surface area (Å²) in [5.74, 6) is -0.876. The van der Waals surface area contributed by atoms with Crippen LogP contribution in [0.4, 0.5) is 30.7 Å². The number of rotatable bonds is 6. The molecule has 2 atom stereocenters. The van der Waals surface area contributed by atoms with Gasteiger partial charge in [0.15, 0.2) is 0 Å². The normalized spacial score (nSPS) is 18.1. The zero-order valence-electron chi connectivity index (χ0n) is 19.3. The quantitative estimate of drug-likeness (QED) is 0.448. The second kappa shape index (κ2) is 10.2. The van der Waals surface area contributed by atoms with Gasteiger partial charge in [-0.2, -0.15) is 26.3 Å². The Bertz CT molecular complexity index is 995. The molecule has 1 amide bonds. The van der Waals surface area contributed by atoms with Crippen molar-refractivity contribution in [3.05, 3.63) is 70.5 Å². The van der Waals surface area contributed by atoms with Gasteiger partial charge in [0.1, 0.15) is 5.82 Å². The van der Waals surface area contributed by atoms with Crippen LogP contribution in [-0.4, -0.2) is 19.0 Å². The van der Waals surface area contributed by atoms with E-state index in [1.54, 1.807) is 12.1 Å². The average molecular weight is 504 g/mol. The fraction of sp³-hybridized carbons (Fsp3) is 0.480. The second-order valence-electron chi connectivity index (χ2n) is 9.25. The standard InChI is InChI=1S/C25H27F7N2O/c1-15(16-11-19(24(27,28)29)13-20(12-16)25(30,31)32)34-22(35)14-23(2,18-7-9-33-10-8-18)17-3-5-21(26)6-4-17/h3-6,11-13,15,18,33H,7-10,14H2,1-2H3,(H,34,35). The van der Waals surface area contributed by atoms with Gasteiger partial charge in [0.2, 0.25) is 5.91 Å². The third-order valence-corrected chi connectivity index (χ3v) is 6.76. The first-order valence-electron chi connectivity index (χ1n) is 11.3. The molecule has 10 heteroatoms. The van der Waals surface area contributed by atoms with Gasteiger partial charge in [-0.15, -0.1) is 0 Å². The van der Waals surface area contributed by atoms with Gasteiger partial charge < -0.3 is 10.6 Å². The number of halogens is 7. The number of alkyl halides is 6. The number of hydrogen-bond acceptors (Lipinski definition) is 2. The van der Waals surface area contributed by atoms with Gasteiger partial charge in [0.25, 0.3) is 0 Å². The van der Waals surface area contributed by atoms with Crippen molar-refractivity contribution in [3.8, 4) is 0 Å². The largest absolute Gasteiger partial charge is 0.416 e. The lowest BCUT2D eigenvalue weighted by Gasteiger charge is -2.40. The van der Waals surface area contributed by atoms with Crippen molar-refractivity contribution >= 4 is 5.91 Å². The van der Waals surface area contributed by atoms with E-state index >= 15 is 0 Å². The topological polar surface area (TPSA) is 41.1 Å². The third-order valence-electron chi connectivity index (χ3n) is 6.76. The highest BCUT2D eigenvalue weighted by atomic mass is 19.4. The molecule has 0 aliphatic carbocycles. The number of hydrogen-bond donors (Lipinski definition) is 2. The summed E-state index contributed by atoms with van der Waals surface area (Å²) in [7, 11) is 0. The third kappa shape index (κ3) is 6.54. The molecule has 3 rings (SSSR count). The summed E-state index contributed by atoms with van der Waals surface area (Å²) >= 11 is 0. The van der Waals surface area contributed by atoms with Crippen molar-refractivity contribution in [2.45, 2.75) is 56.9 Å². The lowest BCUT2D eigenvalue weighted by atomic mass is 9.66. The molecule has 2 N–H and O–H groups in total. The van der Waals surface area contributed by atoms with Crippen molar-refractivity contribution in [1.82, 2.24) is 10.6 Å². The van der Waals surface area contributed by atoms with Crippen LogP contribution in [0.1, 0.15) is 61.4 Å². The average Bonchev–Trinajstić information content (AvgIpc) is 2.78. The maximum absolute atomic E-state index is 13.5. The molecule has 3 nitrogen and oxygen atoms in total. The fourth-order valence-electron chi connectivity index (χ4n) is 4.71. The van der Waals surface area contributed by atoms with Gasteiger partial charge in [-0.3, -0.25) is 4.79 Å². The van der Waals surface area contributed by atoms with Crippen molar-refractivity contribution in [2.24, 2.45) is 5.92 Å². The molecule has 1 aliphatic heterocycles. The zero-order chi connectivity index (χ0) is 26.0. The minimum atomic E-state index is -4.98.